The minimum absolute atomic E-state index is 0.0569. The molecule has 1 unspecified atom stereocenters. The van der Waals surface area contributed by atoms with Gasteiger partial charge >= 0.3 is 5.97 Å². The van der Waals surface area contributed by atoms with Crippen LogP contribution in [0.4, 0.5) is 0 Å². The van der Waals surface area contributed by atoms with Gasteiger partial charge < -0.3 is 9.64 Å². The lowest BCUT2D eigenvalue weighted by molar-refractivity contribution is -0.135. The van der Waals surface area contributed by atoms with Crippen molar-refractivity contribution in [2.24, 2.45) is 5.14 Å². The third-order valence-corrected chi connectivity index (χ3v) is 6.19. The van der Waals surface area contributed by atoms with E-state index in [1.165, 1.54) is 23.8 Å². The Hall–Kier alpha value is -2.71. The van der Waals surface area contributed by atoms with Crippen LogP contribution >= 0.6 is 0 Å². The Labute approximate surface area is 170 Å². The zero-order valence-electron chi connectivity index (χ0n) is 16.4. The molecule has 8 heteroatoms. The van der Waals surface area contributed by atoms with Crippen LogP contribution < -0.4 is 5.14 Å². The van der Waals surface area contributed by atoms with Crippen molar-refractivity contribution in [2.45, 2.75) is 37.1 Å². The second-order valence-electron chi connectivity index (χ2n) is 7.21. The monoisotopic (exact) mass is 416 g/mol. The van der Waals surface area contributed by atoms with Gasteiger partial charge in [0.05, 0.1) is 16.5 Å². The predicted molar refractivity (Wildman–Crippen MR) is 108 cm³/mol. The Morgan fingerprint density at radius 3 is 2.66 bits per heavy atom. The van der Waals surface area contributed by atoms with E-state index >= 15 is 0 Å². The second-order valence-corrected chi connectivity index (χ2v) is 8.77. The highest BCUT2D eigenvalue weighted by Gasteiger charge is 2.27. The fraction of sp³-hybridized carbons (Fsp3) is 0.333. The van der Waals surface area contributed by atoms with Crippen LogP contribution in [0.1, 0.15) is 45.9 Å². The molecule has 2 aromatic rings. The van der Waals surface area contributed by atoms with E-state index in [9.17, 15) is 18.0 Å². The maximum absolute atomic E-state index is 12.6. The van der Waals surface area contributed by atoms with Gasteiger partial charge in [0.15, 0.2) is 6.61 Å². The summed E-state index contributed by atoms with van der Waals surface area (Å²) in [6, 6.07) is 11.9. The Kier molecular flexibility index (Phi) is 6.04. The van der Waals surface area contributed by atoms with Crippen molar-refractivity contribution in [3.63, 3.8) is 0 Å². The fourth-order valence-electron chi connectivity index (χ4n) is 3.61. The first-order valence-electron chi connectivity index (χ1n) is 9.32. The maximum Gasteiger partial charge on any atom is 0.338 e. The van der Waals surface area contributed by atoms with Gasteiger partial charge in [-0.1, -0.05) is 30.3 Å². The molecule has 0 bridgehead atoms. The Morgan fingerprint density at radius 2 is 1.93 bits per heavy atom. The van der Waals surface area contributed by atoms with E-state index in [4.69, 9.17) is 9.88 Å². The number of primary sulfonamides is 1. The van der Waals surface area contributed by atoms with E-state index in [0.717, 1.165) is 24.8 Å². The van der Waals surface area contributed by atoms with Crippen molar-refractivity contribution < 1.29 is 22.7 Å². The molecule has 2 aromatic carbocycles. The van der Waals surface area contributed by atoms with Crippen LogP contribution in [-0.4, -0.2) is 38.8 Å². The topological polar surface area (TPSA) is 107 Å². The first-order valence-corrected chi connectivity index (χ1v) is 10.9. The molecule has 0 heterocycles. The van der Waals surface area contributed by atoms with E-state index < -0.39 is 22.6 Å². The summed E-state index contributed by atoms with van der Waals surface area (Å²) < 4.78 is 28.2. The van der Waals surface area contributed by atoms with Gasteiger partial charge in [-0.25, -0.2) is 18.4 Å². The van der Waals surface area contributed by atoms with Crippen molar-refractivity contribution in [1.82, 2.24) is 4.90 Å². The molecule has 0 fully saturated rings. The number of esters is 1. The van der Waals surface area contributed by atoms with Crippen LogP contribution in [0.5, 0.6) is 0 Å². The zero-order chi connectivity index (χ0) is 21.2. The van der Waals surface area contributed by atoms with Gasteiger partial charge in [-0.2, -0.15) is 0 Å². The molecule has 154 valence electrons. The standard InChI is InChI=1S/C21H24N2O5S/c1-14-10-11-16(29(22,26)27)12-18(14)21(25)28-13-20(24)23(2)19-9-5-7-15-6-3-4-8-17(15)19/h3-4,6,8,10-12,19H,5,7,9,13H2,1-2H3,(H2,22,26,27). The Bertz CT molecular complexity index is 1050. The lowest BCUT2D eigenvalue weighted by Crippen LogP contribution is -2.36. The molecule has 2 N–H and O–H groups in total. The second kappa shape index (κ2) is 8.34. The molecule has 1 atom stereocenters. The smallest absolute Gasteiger partial charge is 0.338 e. The number of carbonyl (C=O) groups excluding carboxylic acids is 2. The third kappa shape index (κ3) is 4.65. The van der Waals surface area contributed by atoms with Crippen LogP contribution in [0.2, 0.25) is 0 Å². The van der Waals surface area contributed by atoms with Gasteiger partial charge in [-0.15, -0.1) is 0 Å². The number of aryl methyl sites for hydroxylation is 2. The number of nitrogens with two attached hydrogens (primary N) is 1. The van der Waals surface area contributed by atoms with Gasteiger partial charge in [0.25, 0.3) is 5.91 Å². The number of carbonyl (C=O) groups is 2. The Balaban J connectivity index is 1.69. The normalized spacial score (nSPS) is 16.0. The van der Waals surface area contributed by atoms with Crippen molar-refractivity contribution in [2.75, 3.05) is 13.7 Å². The largest absolute Gasteiger partial charge is 0.452 e. The third-order valence-electron chi connectivity index (χ3n) is 5.28. The number of likely N-dealkylation sites (N-methyl/N-ethyl adjacent to an activating group) is 1. The number of sulfonamides is 1. The van der Waals surface area contributed by atoms with Crippen LogP contribution in [0.15, 0.2) is 47.4 Å². The number of benzene rings is 2. The fourth-order valence-corrected chi connectivity index (χ4v) is 4.15. The van der Waals surface area contributed by atoms with Crippen molar-refractivity contribution >= 4 is 21.9 Å². The van der Waals surface area contributed by atoms with Crippen molar-refractivity contribution in [3.05, 3.63) is 64.7 Å². The van der Waals surface area contributed by atoms with E-state index in [1.54, 1.807) is 18.9 Å². The predicted octanol–water partition coefficient (Wildman–Crippen LogP) is 2.34. The van der Waals surface area contributed by atoms with Crippen LogP contribution in [0, 0.1) is 6.92 Å². The Morgan fingerprint density at radius 1 is 1.21 bits per heavy atom. The highest BCUT2D eigenvalue weighted by Crippen LogP contribution is 2.33. The van der Waals surface area contributed by atoms with Crippen LogP contribution in [0.3, 0.4) is 0 Å². The van der Waals surface area contributed by atoms with Gasteiger partial charge in [-0.3, -0.25) is 4.79 Å². The molecule has 7 nitrogen and oxygen atoms in total. The first kappa shape index (κ1) is 21.0. The number of rotatable bonds is 5. The first-order chi connectivity index (χ1) is 13.7. The molecule has 29 heavy (non-hydrogen) atoms. The molecular weight excluding hydrogens is 392 g/mol. The quantitative estimate of drug-likeness (QED) is 0.753. The molecule has 0 aromatic heterocycles. The van der Waals surface area contributed by atoms with Crippen LogP contribution in [-0.2, 0) is 26.0 Å². The highest BCUT2D eigenvalue weighted by molar-refractivity contribution is 7.89. The number of fused-ring (bicyclic) bond motifs is 1. The molecule has 3 rings (SSSR count). The summed E-state index contributed by atoms with van der Waals surface area (Å²) in [7, 11) is -2.24. The number of hydrogen-bond donors (Lipinski definition) is 1. The lowest BCUT2D eigenvalue weighted by Gasteiger charge is -2.33. The zero-order valence-corrected chi connectivity index (χ0v) is 17.2. The summed E-state index contributed by atoms with van der Waals surface area (Å²) >= 11 is 0. The number of ether oxygens (including phenoxy) is 1. The molecule has 0 saturated heterocycles. The minimum Gasteiger partial charge on any atom is -0.452 e. The van der Waals surface area contributed by atoms with E-state index in [0.29, 0.717) is 5.56 Å². The molecule has 1 amide bonds. The summed E-state index contributed by atoms with van der Waals surface area (Å²) in [6.45, 7) is 1.23. The summed E-state index contributed by atoms with van der Waals surface area (Å²) in [5.41, 5.74) is 2.95. The summed E-state index contributed by atoms with van der Waals surface area (Å²) in [5, 5.41) is 5.12. The van der Waals surface area contributed by atoms with Gasteiger partial charge in [0.2, 0.25) is 10.0 Å². The highest BCUT2D eigenvalue weighted by atomic mass is 32.2. The number of hydrogen-bond acceptors (Lipinski definition) is 5. The lowest BCUT2D eigenvalue weighted by atomic mass is 9.87. The molecule has 0 aliphatic heterocycles. The van der Waals surface area contributed by atoms with Gasteiger partial charge in [-0.05, 0) is 55.0 Å². The van der Waals surface area contributed by atoms with Crippen molar-refractivity contribution in [1.29, 1.82) is 0 Å². The van der Waals surface area contributed by atoms with E-state index in [-0.39, 0.29) is 22.4 Å². The molecular formula is C21H24N2O5S. The molecule has 0 saturated carbocycles. The van der Waals surface area contributed by atoms with E-state index in [2.05, 4.69) is 6.07 Å². The molecule has 1 aliphatic carbocycles. The molecule has 1 aliphatic rings. The molecule has 0 radical (unpaired) electrons. The van der Waals surface area contributed by atoms with Crippen LogP contribution in [0.25, 0.3) is 0 Å². The van der Waals surface area contributed by atoms with Gasteiger partial charge in [0.1, 0.15) is 0 Å². The average molecular weight is 416 g/mol. The van der Waals surface area contributed by atoms with E-state index in [1.807, 2.05) is 18.2 Å². The summed E-state index contributed by atoms with van der Waals surface area (Å²) in [5.74, 6) is -1.08. The molecule has 0 spiro atoms. The maximum atomic E-state index is 12.6. The van der Waals surface area contributed by atoms with Gasteiger partial charge in [0, 0.05) is 7.05 Å². The average Bonchev–Trinajstić information content (AvgIpc) is 2.70. The minimum atomic E-state index is -3.95. The summed E-state index contributed by atoms with van der Waals surface area (Å²) in [4.78, 5) is 26.5. The number of nitrogens with zero attached hydrogens (tertiary/aromatic N) is 1. The van der Waals surface area contributed by atoms with Crippen molar-refractivity contribution in [3.8, 4) is 0 Å². The summed E-state index contributed by atoms with van der Waals surface area (Å²) in [6.07, 6.45) is 2.82. The number of amides is 1. The SMILES string of the molecule is Cc1ccc(S(N)(=O)=O)cc1C(=O)OCC(=O)N(C)C1CCCc2ccccc21.